The predicted octanol–water partition coefficient (Wildman–Crippen LogP) is 2.14. The molecule has 0 saturated carbocycles. The van der Waals surface area contributed by atoms with Gasteiger partial charge in [0.2, 0.25) is 0 Å². The normalized spacial score (nSPS) is 18.6. The molecule has 106 valence electrons. The predicted molar refractivity (Wildman–Crippen MR) is 79.4 cm³/mol. The molecule has 2 rings (SSSR count). The highest BCUT2D eigenvalue weighted by atomic mass is 16.5. The van der Waals surface area contributed by atoms with E-state index in [1.165, 1.54) is 11.1 Å². The average molecular weight is 262 g/mol. The van der Waals surface area contributed by atoms with Gasteiger partial charge in [-0.25, -0.2) is 0 Å². The first kappa shape index (κ1) is 14.5. The van der Waals surface area contributed by atoms with E-state index in [1.807, 2.05) is 0 Å². The van der Waals surface area contributed by atoms with Crippen LogP contribution in [0.15, 0.2) is 24.3 Å². The van der Waals surface area contributed by atoms with Crippen LogP contribution in [0.2, 0.25) is 0 Å². The Morgan fingerprint density at radius 2 is 2.00 bits per heavy atom. The molecule has 19 heavy (non-hydrogen) atoms. The van der Waals surface area contributed by atoms with Crippen LogP contribution in [-0.2, 0) is 11.2 Å². The Kier molecular flexibility index (Phi) is 5.83. The van der Waals surface area contributed by atoms with Crippen LogP contribution in [0.4, 0.5) is 0 Å². The number of hydrogen-bond acceptors (Lipinski definition) is 3. The standard InChI is InChI=1S/C16H26N2O/c1-13(2)11-17-8-9-18-12-16-15-6-4-3-5-14(15)7-10-19-16/h3-6,13,16-18H,7-12H2,1-2H3. The van der Waals surface area contributed by atoms with Crippen molar-refractivity contribution in [3.05, 3.63) is 35.4 Å². The van der Waals surface area contributed by atoms with Crippen LogP contribution in [0, 0.1) is 5.92 Å². The molecule has 1 atom stereocenters. The fourth-order valence-corrected chi connectivity index (χ4v) is 2.45. The summed E-state index contributed by atoms with van der Waals surface area (Å²) < 4.78 is 5.87. The van der Waals surface area contributed by atoms with Crippen molar-refractivity contribution < 1.29 is 4.74 Å². The molecule has 3 heteroatoms. The molecule has 1 unspecified atom stereocenters. The molecule has 0 saturated heterocycles. The number of hydrogen-bond donors (Lipinski definition) is 2. The summed E-state index contributed by atoms with van der Waals surface area (Å²) >= 11 is 0. The van der Waals surface area contributed by atoms with Crippen molar-refractivity contribution in [1.29, 1.82) is 0 Å². The number of ether oxygens (including phenoxy) is 1. The number of benzene rings is 1. The molecule has 1 aliphatic heterocycles. The van der Waals surface area contributed by atoms with Crippen molar-refractivity contribution in [1.82, 2.24) is 10.6 Å². The highest BCUT2D eigenvalue weighted by Crippen LogP contribution is 2.25. The van der Waals surface area contributed by atoms with Gasteiger partial charge < -0.3 is 15.4 Å². The number of fused-ring (bicyclic) bond motifs is 1. The highest BCUT2D eigenvalue weighted by molar-refractivity contribution is 5.31. The summed E-state index contributed by atoms with van der Waals surface area (Å²) in [4.78, 5) is 0. The van der Waals surface area contributed by atoms with Gasteiger partial charge in [-0.15, -0.1) is 0 Å². The van der Waals surface area contributed by atoms with Gasteiger partial charge in [0.1, 0.15) is 0 Å². The summed E-state index contributed by atoms with van der Waals surface area (Å²) in [6, 6.07) is 8.63. The lowest BCUT2D eigenvalue weighted by atomic mass is 9.97. The summed E-state index contributed by atoms with van der Waals surface area (Å²) in [6.07, 6.45) is 1.26. The first-order valence-electron chi connectivity index (χ1n) is 7.38. The van der Waals surface area contributed by atoms with Crippen molar-refractivity contribution in [3.63, 3.8) is 0 Å². The summed E-state index contributed by atoms with van der Waals surface area (Å²) in [6.45, 7) is 9.31. The zero-order chi connectivity index (χ0) is 13.5. The zero-order valence-electron chi connectivity index (χ0n) is 12.1. The van der Waals surface area contributed by atoms with Crippen LogP contribution in [0.25, 0.3) is 0 Å². The maximum atomic E-state index is 5.87. The molecule has 0 fully saturated rings. The molecule has 0 aromatic heterocycles. The third kappa shape index (κ3) is 4.60. The molecule has 0 bridgehead atoms. The second kappa shape index (κ2) is 7.63. The van der Waals surface area contributed by atoms with Crippen molar-refractivity contribution in [2.45, 2.75) is 26.4 Å². The molecule has 1 heterocycles. The zero-order valence-corrected chi connectivity index (χ0v) is 12.1. The molecule has 0 amide bonds. The van der Waals surface area contributed by atoms with Crippen molar-refractivity contribution in [2.24, 2.45) is 5.92 Å². The van der Waals surface area contributed by atoms with Gasteiger partial charge in [0.15, 0.2) is 0 Å². The van der Waals surface area contributed by atoms with Gasteiger partial charge in [-0.2, -0.15) is 0 Å². The van der Waals surface area contributed by atoms with E-state index in [9.17, 15) is 0 Å². The van der Waals surface area contributed by atoms with E-state index in [1.54, 1.807) is 0 Å². The van der Waals surface area contributed by atoms with Crippen LogP contribution in [-0.4, -0.2) is 32.8 Å². The minimum Gasteiger partial charge on any atom is -0.372 e. The lowest BCUT2D eigenvalue weighted by Crippen LogP contribution is -2.33. The van der Waals surface area contributed by atoms with Gasteiger partial charge in [-0.05, 0) is 30.0 Å². The first-order chi connectivity index (χ1) is 9.27. The minimum atomic E-state index is 0.218. The van der Waals surface area contributed by atoms with Gasteiger partial charge in [0.05, 0.1) is 12.7 Å². The lowest BCUT2D eigenvalue weighted by Gasteiger charge is -2.26. The summed E-state index contributed by atoms with van der Waals surface area (Å²) in [5, 5.41) is 6.92. The topological polar surface area (TPSA) is 33.3 Å². The molecular weight excluding hydrogens is 236 g/mol. The van der Waals surface area contributed by atoms with Crippen molar-refractivity contribution in [3.8, 4) is 0 Å². The Bertz CT molecular complexity index is 379. The molecule has 1 aliphatic rings. The maximum Gasteiger partial charge on any atom is 0.0952 e. The fraction of sp³-hybridized carbons (Fsp3) is 0.625. The molecule has 0 spiro atoms. The van der Waals surface area contributed by atoms with Crippen molar-refractivity contribution >= 4 is 0 Å². The molecule has 2 N–H and O–H groups in total. The van der Waals surface area contributed by atoms with E-state index in [-0.39, 0.29) is 6.10 Å². The summed E-state index contributed by atoms with van der Waals surface area (Å²) in [7, 11) is 0. The SMILES string of the molecule is CC(C)CNCCNCC1OCCc2ccccc21. The second-order valence-corrected chi connectivity index (χ2v) is 5.61. The Labute approximate surface area is 116 Å². The third-order valence-electron chi connectivity index (χ3n) is 3.45. The number of nitrogens with one attached hydrogen (secondary N) is 2. The Morgan fingerprint density at radius 1 is 1.21 bits per heavy atom. The van der Waals surface area contributed by atoms with Crippen LogP contribution in [0.1, 0.15) is 31.1 Å². The monoisotopic (exact) mass is 262 g/mol. The Balaban J connectivity index is 1.70. The lowest BCUT2D eigenvalue weighted by molar-refractivity contribution is 0.0427. The van der Waals surface area contributed by atoms with Gasteiger partial charge in [-0.3, -0.25) is 0 Å². The van der Waals surface area contributed by atoms with E-state index >= 15 is 0 Å². The Morgan fingerprint density at radius 3 is 2.84 bits per heavy atom. The van der Waals surface area contributed by atoms with E-state index in [0.29, 0.717) is 5.92 Å². The largest absolute Gasteiger partial charge is 0.372 e. The van der Waals surface area contributed by atoms with Gasteiger partial charge >= 0.3 is 0 Å². The minimum absolute atomic E-state index is 0.218. The van der Waals surface area contributed by atoms with Crippen LogP contribution >= 0.6 is 0 Å². The van der Waals surface area contributed by atoms with E-state index in [0.717, 1.165) is 39.2 Å². The second-order valence-electron chi connectivity index (χ2n) is 5.61. The van der Waals surface area contributed by atoms with Crippen LogP contribution in [0.5, 0.6) is 0 Å². The summed E-state index contributed by atoms with van der Waals surface area (Å²) in [5.41, 5.74) is 2.80. The summed E-state index contributed by atoms with van der Waals surface area (Å²) in [5.74, 6) is 0.716. The van der Waals surface area contributed by atoms with Gasteiger partial charge in [0.25, 0.3) is 0 Å². The molecule has 1 aromatic rings. The highest BCUT2D eigenvalue weighted by Gasteiger charge is 2.19. The Hall–Kier alpha value is -0.900. The quantitative estimate of drug-likeness (QED) is 0.739. The number of rotatable bonds is 7. The van der Waals surface area contributed by atoms with Gasteiger partial charge in [-0.1, -0.05) is 38.1 Å². The molecule has 1 aromatic carbocycles. The molecule has 0 radical (unpaired) electrons. The molecule has 3 nitrogen and oxygen atoms in total. The molecular formula is C16H26N2O. The van der Waals surface area contributed by atoms with E-state index < -0.39 is 0 Å². The third-order valence-corrected chi connectivity index (χ3v) is 3.45. The fourth-order valence-electron chi connectivity index (χ4n) is 2.45. The van der Waals surface area contributed by atoms with Crippen molar-refractivity contribution in [2.75, 3.05) is 32.8 Å². The smallest absolute Gasteiger partial charge is 0.0952 e. The first-order valence-corrected chi connectivity index (χ1v) is 7.38. The van der Waals surface area contributed by atoms with Gasteiger partial charge in [0, 0.05) is 19.6 Å². The molecule has 0 aliphatic carbocycles. The van der Waals surface area contributed by atoms with Crippen LogP contribution in [0.3, 0.4) is 0 Å². The van der Waals surface area contributed by atoms with Crippen LogP contribution < -0.4 is 10.6 Å². The maximum absolute atomic E-state index is 5.87. The van der Waals surface area contributed by atoms with E-state index in [4.69, 9.17) is 4.74 Å². The average Bonchev–Trinajstić information content (AvgIpc) is 2.42. The van der Waals surface area contributed by atoms with E-state index in [2.05, 4.69) is 48.7 Å².